The molecule has 5 heteroatoms. The predicted molar refractivity (Wildman–Crippen MR) is 48.9 cm³/mol. The molecule has 1 N–H and O–H groups in total. The Morgan fingerprint density at radius 2 is 2.36 bits per heavy atom. The van der Waals surface area contributed by atoms with Crippen molar-refractivity contribution in [1.29, 1.82) is 0 Å². The standard InChI is InChI=1S/C9H9N3O2/c13-9(14)5-4-7-2-1-3-8-11-10-6-12(7)8/h1-3,6H,4-5H2,(H,13,14). The monoisotopic (exact) mass is 191 g/mol. The van der Waals surface area contributed by atoms with E-state index in [1.54, 1.807) is 10.7 Å². The Bertz CT molecular complexity index is 464. The van der Waals surface area contributed by atoms with Gasteiger partial charge in [0.25, 0.3) is 0 Å². The molecule has 2 aromatic rings. The minimum absolute atomic E-state index is 0.122. The van der Waals surface area contributed by atoms with Crippen LogP contribution in [0.4, 0.5) is 0 Å². The number of fused-ring (bicyclic) bond motifs is 1. The van der Waals surface area contributed by atoms with E-state index in [9.17, 15) is 4.79 Å². The van der Waals surface area contributed by atoms with Crippen LogP contribution >= 0.6 is 0 Å². The Balaban J connectivity index is 2.32. The van der Waals surface area contributed by atoms with Crippen molar-refractivity contribution in [2.45, 2.75) is 12.8 Å². The van der Waals surface area contributed by atoms with Crippen molar-refractivity contribution in [1.82, 2.24) is 14.6 Å². The van der Waals surface area contributed by atoms with Crippen molar-refractivity contribution in [3.05, 3.63) is 30.2 Å². The van der Waals surface area contributed by atoms with Gasteiger partial charge in [-0.25, -0.2) is 0 Å². The number of carboxylic acid groups (broad SMARTS) is 1. The van der Waals surface area contributed by atoms with Crippen LogP contribution in [0.5, 0.6) is 0 Å². The molecule has 0 spiro atoms. The average Bonchev–Trinajstić information content (AvgIpc) is 2.62. The summed E-state index contributed by atoms with van der Waals surface area (Å²) >= 11 is 0. The fourth-order valence-corrected chi connectivity index (χ4v) is 1.34. The third kappa shape index (κ3) is 1.56. The predicted octanol–water partition coefficient (Wildman–Crippen LogP) is 0.746. The van der Waals surface area contributed by atoms with Gasteiger partial charge in [-0.1, -0.05) is 6.07 Å². The topological polar surface area (TPSA) is 67.5 Å². The summed E-state index contributed by atoms with van der Waals surface area (Å²) < 4.78 is 1.79. The molecule has 0 saturated carbocycles. The summed E-state index contributed by atoms with van der Waals surface area (Å²) in [6.07, 6.45) is 2.20. The van der Waals surface area contributed by atoms with Crippen LogP contribution in [-0.2, 0) is 11.2 Å². The normalized spacial score (nSPS) is 10.6. The number of aliphatic carboxylic acids is 1. The summed E-state index contributed by atoms with van der Waals surface area (Å²) in [6, 6.07) is 5.55. The maximum Gasteiger partial charge on any atom is 0.303 e. The molecule has 14 heavy (non-hydrogen) atoms. The molecule has 2 heterocycles. The number of pyridine rings is 1. The molecule has 0 radical (unpaired) electrons. The lowest BCUT2D eigenvalue weighted by atomic mass is 10.2. The molecule has 0 saturated heterocycles. The van der Waals surface area contributed by atoms with E-state index in [0.29, 0.717) is 6.42 Å². The van der Waals surface area contributed by atoms with Crippen molar-refractivity contribution >= 4 is 11.6 Å². The van der Waals surface area contributed by atoms with Crippen molar-refractivity contribution < 1.29 is 9.90 Å². The number of aromatic nitrogens is 3. The quantitative estimate of drug-likeness (QED) is 0.777. The van der Waals surface area contributed by atoms with Crippen molar-refractivity contribution in [3.8, 4) is 0 Å². The highest BCUT2D eigenvalue weighted by Crippen LogP contribution is 2.06. The summed E-state index contributed by atoms with van der Waals surface area (Å²) in [5, 5.41) is 16.2. The minimum atomic E-state index is -0.796. The lowest BCUT2D eigenvalue weighted by molar-refractivity contribution is -0.136. The van der Waals surface area contributed by atoms with E-state index in [2.05, 4.69) is 10.2 Å². The molecule has 0 fully saturated rings. The molecule has 2 rings (SSSR count). The third-order valence-corrected chi connectivity index (χ3v) is 2.01. The van der Waals surface area contributed by atoms with Crippen LogP contribution in [0.1, 0.15) is 12.1 Å². The second kappa shape index (κ2) is 3.45. The highest BCUT2D eigenvalue weighted by molar-refractivity contribution is 5.67. The molecule has 0 amide bonds. The zero-order chi connectivity index (χ0) is 9.97. The zero-order valence-electron chi connectivity index (χ0n) is 7.42. The first-order chi connectivity index (χ1) is 6.77. The molecule has 0 aliphatic heterocycles. The summed E-state index contributed by atoms with van der Waals surface area (Å²) in [6.45, 7) is 0. The van der Waals surface area contributed by atoms with Crippen molar-refractivity contribution in [2.75, 3.05) is 0 Å². The molecular formula is C9H9N3O2. The summed E-state index contributed by atoms with van der Waals surface area (Å²) in [4.78, 5) is 10.4. The van der Waals surface area contributed by atoms with Gasteiger partial charge in [0.05, 0.1) is 6.42 Å². The van der Waals surface area contributed by atoms with Crippen LogP contribution in [-0.4, -0.2) is 25.7 Å². The van der Waals surface area contributed by atoms with E-state index in [0.717, 1.165) is 11.3 Å². The van der Waals surface area contributed by atoms with Gasteiger partial charge >= 0.3 is 5.97 Å². The van der Waals surface area contributed by atoms with E-state index < -0.39 is 5.97 Å². The number of carbonyl (C=O) groups is 1. The number of carboxylic acids is 1. The summed E-state index contributed by atoms with van der Waals surface area (Å²) in [5.41, 5.74) is 1.66. The first-order valence-corrected chi connectivity index (χ1v) is 4.27. The van der Waals surface area contributed by atoms with Crippen LogP contribution in [0.2, 0.25) is 0 Å². The van der Waals surface area contributed by atoms with Gasteiger partial charge in [-0.15, -0.1) is 10.2 Å². The first kappa shape index (κ1) is 8.68. The van der Waals surface area contributed by atoms with Gasteiger partial charge < -0.3 is 5.11 Å². The Morgan fingerprint density at radius 3 is 3.14 bits per heavy atom. The smallest absolute Gasteiger partial charge is 0.303 e. The van der Waals surface area contributed by atoms with Crippen LogP contribution in [0, 0.1) is 0 Å². The maximum absolute atomic E-state index is 10.4. The zero-order valence-corrected chi connectivity index (χ0v) is 7.42. The Kier molecular flexibility index (Phi) is 2.14. The van der Waals surface area contributed by atoms with Gasteiger partial charge in [-0.05, 0) is 18.6 Å². The first-order valence-electron chi connectivity index (χ1n) is 4.27. The number of aryl methyl sites for hydroxylation is 1. The van der Waals surface area contributed by atoms with E-state index in [-0.39, 0.29) is 6.42 Å². The van der Waals surface area contributed by atoms with Gasteiger partial charge in [0.15, 0.2) is 5.65 Å². The second-order valence-corrected chi connectivity index (χ2v) is 2.97. The maximum atomic E-state index is 10.4. The van der Waals surface area contributed by atoms with Gasteiger partial charge in [0.1, 0.15) is 6.33 Å². The van der Waals surface area contributed by atoms with Crippen LogP contribution in [0.15, 0.2) is 24.5 Å². The lowest BCUT2D eigenvalue weighted by Gasteiger charge is -2.01. The van der Waals surface area contributed by atoms with Gasteiger partial charge in [0.2, 0.25) is 0 Å². The number of rotatable bonds is 3. The molecule has 2 aromatic heterocycles. The molecular weight excluding hydrogens is 182 g/mol. The molecule has 0 bridgehead atoms. The highest BCUT2D eigenvalue weighted by Gasteiger charge is 2.03. The fourth-order valence-electron chi connectivity index (χ4n) is 1.34. The number of hydrogen-bond acceptors (Lipinski definition) is 3. The van der Waals surface area contributed by atoms with Gasteiger partial charge in [-0.3, -0.25) is 9.20 Å². The molecule has 0 aliphatic carbocycles. The van der Waals surface area contributed by atoms with Gasteiger partial charge in [-0.2, -0.15) is 0 Å². The summed E-state index contributed by atoms with van der Waals surface area (Å²) in [5.74, 6) is -0.796. The van der Waals surface area contributed by atoms with Crippen molar-refractivity contribution in [2.24, 2.45) is 0 Å². The lowest BCUT2D eigenvalue weighted by Crippen LogP contribution is -2.01. The largest absolute Gasteiger partial charge is 0.481 e. The SMILES string of the molecule is O=C(O)CCc1cccc2nncn12. The van der Waals surface area contributed by atoms with E-state index in [1.165, 1.54) is 0 Å². The average molecular weight is 191 g/mol. The van der Waals surface area contributed by atoms with Crippen LogP contribution in [0.3, 0.4) is 0 Å². The molecule has 5 nitrogen and oxygen atoms in total. The van der Waals surface area contributed by atoms with Gasteiger partial charge in [0, 0.05) is 5.69 Å². The number of nitrogens with zero attached hydrogens (tertiary/aromatic N) is 3. The fraction of sp³-hybridized carbons (Fsp3) is 0.222. The Morgan fingerprint density at radius 1 is 1.50 bits per heavy atom. The minimum Gasteiger partial charge on any atom is -0.481 e. The molecule has 0 unspecified atom stereocenters. The Labute approximate surface area is 80.0 Å². The molecule has 72 valence electrons. The van der Waals surface area contributed by atoms with E-state index >= 15 is 0 Å². The summed E-state index contributed by atoms with van der Waals surface area (Å²) in [7, 11) is 0. The second-order valence-electron chi connectivity index (χ2n) is 2.97. The third-order valence-electron chi connectivity index (χ3n) is 2.01. The van der Waals surface area contributed by atoms with E-state index in [4.69, 9.17) is 5.11 Å². The Hall–Kier alpha value is -1.91. The number of hydrogen-bond donors (Lipinski definition) is 1. The molecule has 0 atom stereocenters. The van der Waals surface area contributed by atoms with Crippen molar-refractivity contribution in [3.63, 3.8) is 0 Å². The van der Waals surface area contributed by atoms with E-state index in [1.807, 2.05) is 18.2 Å². The molecule has 0 aliphatic rings. The highest BCUT2D eigenvalue weighted by atomic mass is 16.4. The van der Waals surface area contributed by atoms with Crippen LogP contribution < -0.4 is 0 Å². The molecule has 0 aromatic carbocycles. The van der Waals surface area contributed by atoms with Crippen LogP contribution in [0.25, 0.3) is 5.65 Å².